The Labute approximate surface area is 138 Å². The van der Waals surface area contributed by atoms with Crippen LogP contribution in [-0.2, 0) is 0 Å². The Kier molecular flexibility index (Phi) is 4.57. The molecule has 0 aliphatic heterocycles. The van der Waals surface area contributed by atoms with Gasteiger partial charge in [0.2, 0.25) is 0 Å². The van der Waals surface area contributed by atoms with Gasteiger partial charge in [0.25, 0.3) is 5.91 Å². The Hall–Kier alpha value is -0.580. The number of halogens is 2. The lowest BCUT2D eigenvalue weighted by Gasteiger charge is -2.45. The summed E-state index contributed by atoms with van der Waals surface area (Å²) in [5, 5.41) is 3.72. The number of nitrogens with one attached hydrogen (secondary N) is 1. The van der Waals surface area contributed by atoms with E-state index in [2.05, 4.69) is 21.2 Å². The van der Waals surface area contributed by atoms with E-state index >= 15 is 0 Å². The highest BCUT2D eigenvalue weighted by molar-refractivity contribution is 9.10. The third-order valence-corrected chi connectivity index (χ3v) is 5.67. The topological polar surface area (TPSA) is 55.1 Å². The summed E-state index contributed by atoms with van der Waals surface area (Å²) in [4.78, 5) is 12.6. The number of benzene rings is 1. The molecule has 2 atom stereocenters. The lowest BCUT2D eigenvalue weighted by molar-refractivity contribution is 0.0756. The minimum atomic E-state index is -0.0707. The van der Waals surface area contributed by atoms with E-state index in [1.165, 1.54) is 19.3 Å². The summed E-state index contributed by atoms with van der Waals surface area (Å²) in [5.41, 5.74) is 6.67. The number of carbonyl (C=O) groups is 1. The van der Waals surface area contributed by atoms with Crippen LogP contribution in [0.1, 0.15) is 42.5 Å². The second-order valence-electron chi connectivity index (χ2n) is 6.31. The van der Waals surface area contributed by atoms with Gasteiger partial charge in [-0.05, 0) is 55.7 Å². The number of amides is 1. The minimum Gasteiger partial charge on any atom is -0.349 e. The number of fused-ring (bicyclic) bond motifs is 2. The fourth-order valence-electron chi connectivity index (χ4n) is 3.93. The van der Waals surface area contributed by atoms with Crippen molar-refractivity contribution in [2.45, 2.75) is 44.2 Å². The average molecular weight is 372 g/mol. The molecule has 1 aromatic rings. The lowest BCUT2D eigenvalue weighted by atomic mass is 9.67. The highest BCUT2D eigenvalue weighted by atomic mass is 79.9. The molecule has 0 aromatic heterocycles. The van der Waals surface area contributed by atoms with Crippen molar-refractivity contribution in [3.05, 3.63) is 33.3 Å². The van der Waals surface area contributed by atoms with E-state index in [4.69, 9.17) is 17.3 Å². The van der Waals surface area contributed by atoms with Gasteiger partial charge in [-0.2, -0.15) is 0 Å². The number of rotatable bonds is 2. The molecule has 2 bridgehead atoms. The van der Waals surface area contributed by atoms with Crippen LogP contribution in [-0.4, -0.2) is 18.0 Å². The first-order chi connectivity index (χ1) is 10.0. The zero-order valence-corrected chi connectivity index (χ0v) is 14.2. The van der Waals surface area contributed by atoms with Crippen LogP contribution in [0.5, 0.6) is 0 Å². The van der Waals surface area contributed by atoms with Crippen LogP contribution in [0.3, 0.4) is 0 Å². The van der Waals surface area contributed by atoms with Gasteiger partial charge in [0.05, 0.1) is 10.6 Å². The molecule has 0 radical (unpaired) electrons. The maximum absolute atomic E-state index is 12.6. The summed E-state index contributed by atoms with van der Waals surface area (Å²) in [6.45, 7) is 0. The van der Waals surface area contributed by atoms with Gasteiger partial charge in [0.1, 0.15) is 0 Å². The molecular weight excluding hydrogens is 352 g/mol. The van der Waals surface area contributed by atoms with E-state index in [-0.39, 0.29) is 11.9 Å². The van der Waals surface area contributed by atoms with Crippen molar-refractivity contribution in [3.8, 4) is 0 Å². The van der Waals surface area contributed by atoms with Crippen molar-refractivity contribution in [1.82, 2.24) is 5.32 Å². The molecule has 1 aromatic carbocycles. The second-order valence-corrected chi connectivity index (χ2v) is 7.63. The molecule has 0 spiro atoms. The Balaban J connectivity index is 1.76. The Morgan fingerprint density at radius 3 is 2.62 bits per heavy atom. The van der Waals surface area contributed by atoms with Crippen molar-refractivity contribution in [2.75, 3.05) is 0 Å². The predicted octanol–water partition coefficient (Wildman–Crippen LogP) is 3.74. The first-order valence-corrected chi connectivity index (χ1v) is 8.73. The number of hydrogen-bond donors (Lipinski definition) is 2. The van der Waals surface area contributed by atoms with Gasteiger partial charge in [0.15, 0.2) is 0 Å². The van der Waals surface area contributed by atoms with Crippen molar-refractivity contribution >= 4 is 33.4 Å². The third kappa shape index (κ3) is 3.27. The number of hydrogen-bond acceptors (Lipinski definition) is 2. The summed E-state index contributed by atoms with van der Waals surface area (Å²) >= 11 is 9.54. The Morgan fingerprint density at radius 1 is 1.29 bits per heavy atom. The molecule has 2 fully saturated rings. The van der Waals surface area contributed by atoms with Crippen LogP contribution >= 0.6 is 27.5 Å². The Bertz CT molecular complexity index is 537. The lowest BCUT2D eigenvalue weighted by Crippen LogP contribution is -2.53. The molecule has 3 N–H and O–H groups in total. The van der Waals surface area contributed by atoms with E-state index in [0.29, 0.717) is 28.5 Å². The van der Waals surface area contributed by atoms with E-state index in [1.807, 2.05) is 6.07 Å². The summed E-state index contributed by atoms with van der Waals surface area (Å²) < 4.78 is 0.864. The molecule has 2 unspecified atom stereocenters. The first kappa shape index (κ1) is 15.3. The number of nitrogens with two attached hydrogens (primary N) is 1. The van der Waals surface area contributed by atoms with Crippen molar-refractivity contribution in [1.29, 1.82) is 0 Å². The predicted molar refractivity (Wildman–Crippen MR) is 88.4 cm³/mol. The van der Waals surface area contributed by atoms with Crippen LogP contribution in [0.2, 0.25) is 5.02 Å². The maximum atomic E-state index is 12.6. The largest absolute Gasteiger partial charge is 0.349 e. The van der Waals surface area contributed by atoms with Crippen molar-refractivity contribution in [2.24, 2.45) is 17.6 Å². The van der Waals surface area contributed by atoms with Gasteiger partial charge in [-0.15, -0.1) is 0 Å². The fourth-order valence-corrected chi connectivity index (χ4v) is 4.49. The molecule has 21 heavy (non-hydrogen) atoms. The minimum absolute atomic E-state index is 0.0707. The molecule has 114 valence electrons. The molecule has 3 nitrogen and oxygen atoms in total. The van der Waals surface area contributed by atoms with E-state index in [0.717, 1.165) is 17.3 Å². The summed E-state index contributed by atoms with van der Waals surface area (Å²) in [7, 11) is 0. The van der Waals surface area contributed by atoms with Gasteiger partial charge in [-0.1, -0.05) is 34.0 Å². The van der Waals surface area contributed by atoms with Crippen molar-refractivity contribution < 1.29 is 4.79 Å². The summed E-state index contributed by atoms with van der Waals surface area (Å²) in [6, 6.07) is 5.91. The van der Waals surface area contributed by atoms with Gasteiger partial charge < -0.3 is 11.1 Å². The van der Waals surface area contributed by atoms with Gasteiger partial charge in [-0.25, -0.2) is 0 Å². The zero-order valence-electron chi connectivity index (χ0n) is 11.8. The van der Waals surface area contributed by atoms with E-state index in [1.54, 1.807) is 12.1 Å². The molecule has 0 heterocycles. The molecular formula is C16H20BrClN2O. The Morgan fingerprint density at radius 2 is 1.95 bits per heavy atom. The molecule has 2 aliphatic carbocycles. The monoisotopic (exact) mass is 370 g/mol. The molecule has 2 aliphatic rings. The van der Waals surface area contributed by atoms with Gasteiger partial charge in [0, 0.05) is 16.6 Å². The van der Waals surface area contributed by atoms with E-state index in [9.17, 15) is 4.79 Å². The van der Waals surface area contributed by atoms with Gasteiger partial charge >= 0.3 is 0 Å². The molecule has 3 rings (SSSR count). The molecule has 1 amide bonds. The molecule has 2 saturated carbocycles. The van der Waals surface area contributed by atoms with Crippen LogP contribution < -0.4 is 11.1 Å². The second kappa shape index (κ2) is 6.27. The highest BCUT2D eigenvalue weighted by Crippen LogP contribution is 2.39. The third-order valence-electron chi connectivity index (χ3n) is 4.85. The normalized spacial score (nSPS) is 31.8. The van der Waals surface area contributed by atoms with Crippen LogP contribution in [0.15, 0.2) is 22.7 Å². The SMILES string of the molecule is NC1CC2CCCC(C1)C2NC(=O)c1cc(Br)ccc1Cl. The highest BCUT2D eigenvalue weighted by Gasteiger charge is 2.40. The van der Waals surface area contributed by atoms with Crippen LogP contribution in [0, 0.1) is 11.8 Å². The first-order valence-electron chi connectivity index (χ1n) is 7.56. The standard InChI is InChI=1S/C16H20BrClN2O/c17-11-4-5-14(18)13(8-11)16(21)20-15-9-2-1-3-10(15)7-12(19)6-9/h4-5,8-10,12,15H,1-3,6-7,19H2,(H,20,21). The van der Waals surface area contributed by atoms with Gasteiger partial charge in [-0.3, -0.25) is 4.79 Å². The maximum Gasteiger partial charge on any atom is 0.253 e. The summed E-state index contributed by atoms with van der Waals surface area (Å²) in [5.74, 6) is 0.962. The van der Waals surface area contributed by atoms with Crippen molar-refractivity contribution in [3.63, 3.8) is 0 Å². The quantitative estimate of drug-likeness (QED) is 0.832. The fraction of sp³-hybridized carbons (Fsp3) is 0.562. The smallest absolute Gasteiger partial charge is 0.253 e. The van der Waals surface area contributed by atoms with Crippen LogP contribution in [0.25, 0.3) is 0 Å². The average Bonchev–Trinajstić information content (AvgIpc) is 2.42. The number of carbonyl (C=O) groups excluding carboxylic acids is 1. The summed E-state index contributed by atoms with van der Waals surface area (Å²) in [6.07, 6.45) is 5.64. The van der Waals surface area contributed by atoms with Crippen LogP contribution in [0.4, 0.5) is 0 Å². The molecule has 0 saturated heterocycles. The molecule has 5 heteroatoms. The zero-order chi connectivity index (χ0) is 15.0. The van der Waals surface area contributed by atoms with E-state index < -0.39 is 0 Å².